The zero-order valence-corrected chi connectivity index (χ0v) is 11.3. The fraction of sp³-hybridized carbons (Fsp3) is 0.400. The molecule has 1 N–H and O–H groups in total. The zero-order chi connectivity index (χ0) is 14.1. The van der Waals surface area contributed by atoms with Crippen LogP contribution in [0.2, 0.25) is 0 Å². The first-order valence-electron chi connectivity index (χ1n) is 6.14. The molecule has 1 aromatic carbocycles. The molecule has 1 unspecified atom stereocenters. The summed E-state index contributed by atoms with van der Waals surface area (Å²) in [5.41, 5.74) is 1.82. The molecule has 0 aliphatic carbocycles. The summed E-state index contributed by atoms with van der Waals surface area (Å²) in [7, 11) is 1.63. The smallest absolute Gasteiger partial charge is 0.327 e. The molecule has 0 radical (unpaired) electrons. The van der Waals surface area contributed by atoms with Gasteiger partial charge in [0, 0.05) is 7.11 Å². The number of rotatable bonds is 7. The number of nitrogens with one attached hydrogen (secondary N) is 1. The van der Waals surface area contributed by atoms with Crippen molar-refractivity contribution in [3.63, 3.8) is 0 Å². The van der Waals surface area contributed by atoms with Gasteiger partial charge in [-0.25, -0.2) is 4.79 Å². The zero-order valence-electron chi connectivity index (χ0n) is 11.3. The van der Waals surface area contributed by atoms with E-state index in [2.05, 4.69) is 11.2 Å². The summed E-state index contributed by atoms with van der Waals surface area (Å²) >= 11 is 0. The van der Waals surface area contributed by atoms with E-state index in [1.54, 1.807) is 14.0 Å². The molecule has 102 valence electrons. The van der Waals surface area contributed by atoms with Crippen molar-refractivity contribution >= 4 is 5.97 Å². The lowest BCUT2D eigenvalue weighted by atomic mass is 10.0. The van der Waals surface area contributed by atoms with Crippen molar-refractivity contribution in [1.29, 1.82) is 0 Å². The van der Waals surface area contributed by atoms with Crippen LogP contribution in [0, 0.1) is 12.3 Å². The van der Waals surface area contributed by atoms with Crippen LogP contribution < -0.4 is 5.32 Å². The molecular formula is C15H19NO3. The third kappa shape index (κ3) is 4.74. The van der Waals surface area contributed by atoms with Crippen LogP contribution in [0.4, 0.5) is 0 Å². The molecule has 0 saturated carbocycles. The third-order valence-corrected chi connectivity index (χ3v) is 2.53. The average molecular weight is 261 g/mol. The maximum atomic E-state index is 11.9. The van der Waals surface area contributed by atoms with Crippen molar-refractivity contribution in [3.05, 3.63) is 35.4 Å². The number of terminal acetylenes is 1. The van der Waals surface area contributed by atoms with Crippen molar-refractivity contribution in [2.75, 3.05) is 20.3 Å². The van der Waals surface area contributed by atoms with E-state index in [4.69, 9.17) is 15.9 Å². The first kappa shape index (κ1) is 15.2. The molecule has 4 heteroatoms. The Labute approximate surface area is 114 Å². The molecule has 0 bridgehead atoms. The van der Waals surface area contributed by atoms with E-state index in [-0.39, 0.29) is 5.97 Å². The van der Waals surface area contributed by atoms with E-state index < -0.39 is 6.04 Å². The lowest BCUT2D eigenvalue weighted by Gasteiger charge is -2.17. The Morgan fingerprint density at radius 2 is 2.32 bits per heavy atom. The predicted molar refractivity (Wildman–Crippen MR) is 73.4 cm³/mol. The Hall–Kier alpha value is -1.83. The normalized spacial score (nSPS) is 11.6. The van der Waals surface area contributed by atoms with Crippen molar-refractivity contribution in [1.82, 2.24) is 5.32 Å². The van der Waals surface area contributed by atoms with E-state index in [1.165, 1.54) is 0 Å². The summed E-state index contributed by atoms with van der Waals surface area (Å²) in [5.74, 6) is 2.13. The number of ether oxygens (including phenoxy) is 2. The highest BCUT2D eigenvalue weighted by Crippen LogP contribution is 2.17. The topological polar surface area (TPSA) is 47.6 Å². The number of hydrogen-bond donors (Lipinski definition) is 1. The summed E-state index contributed by atoms with van der Waals surface area (Å²) in [4.78, 5) is 11.9. The Balaban J connectivity index is 2.92. The lowest BCUT2D eigenvalue weighted by molar-refractivity contribution is -0.145. The molecule has 4 nitrogen and oxygen atoms in total. The second-order valence-electron chi connectivity index (χ2n) is 3.95. The Morgan fingerprint density at radius 3 is 2.95 bits per heavy atom. The number of carbonyl (C=O) groups is 1. The number of methoxy groups -OCH3 is 1. The van der Waals surface area contributed by atoms with Gasteiger partial charge in [0.05, 0.1) is 19.8 Å². The van der Waals surface area contributed by atoms with E-state index >= 15 is 0 Å². The Kier molecular flexibility index (Phi) is 6.65. The molecule has 1 aromatic rings. The van der Waals surface area contributed by atoms with Crippen LogP contribution in [0.15, 0.2) is 24.3 Å². The van der Waals surface area contributed by atoms with Gasteiger partial charge in [-0.3, -0.25) is 5.32 Å². The van der Waals surface area contributed by atoms with Crippen LogP contribution in [0.1, 0.15) is 24.1 Å². The summed E-state index contributed by atoms with van der Waals surface area (Å²) in [6, 6.07) is 7.05. The maximum absolute atomic E-state index is 11.9. The molecule has 0 fully saturated rings. The maximum Gasteiger partial charge on any atom is 0.327 e. The highest BCUT2D eigenvalue weighted by molar-refractivity contribution is 5.77. The molecule has 1 rings (SSSR count). The minimum absolute atomic E-state index is 0.304. The van der Waals surface area contributed by atoms with Gasteiger partial charge in [-0.1, -0.05) is 30.2 Å². The SMILES string of the molecule is C#CCNC(C(=O)OCC)c1cccc(COC)c1. The van der Waals surface area contributed by atoms with Gasteiger partial charge in [-0.05, 0) is 18.1 Å². The lowest BCUT2D eigenvalue weighted by Crippen LogP contribution is -2.30. The molecular weight excluding hydrogens is 242 g/mol. The van der Waals surface area contributed by atoms with Gasteiger partial charge in [0.1, 0.15) is 6.04 Å². The van der Waals surface area contributed by atoms with Crippen LogP contribution in [-0.4, -0.2) is 26.2 Å². The third-order valence-electron chi connectivity index (χ3n) is 2.53. The highest BCUT2D eigenvalue weighted by atomic mass is 16.5. The average Bonchev–Trinajstić information content (AvgIpc) is 2.40. The second kappa shape index (κ2) is 8.30. The number of benzene rings is 1. The molecule has 0 amide bonds. The second-order valence-corrected chi connectivity index (χ2v) is 3.95. The minimum atomic E-state index is -0.548. The molecule has 0 aromatic heterocycles. The molecule has 0 heterocycles. The van der Waals surface area contributed by atoms with Crippen molar-refractivity contribution in [3.8, 4) is 12.3 Å². The molecule has 19 heavy (non-hydrogen) atoms. The van der Waals surface area contributed by atoms with Gasteiger partial charge >= 0.3 is 5.97 Å². The van der Waals surface area contributed by atoms with Crippen LogP contribution in [0.3, 0.4) is 0 Å². The fourth-order valence-corrected chi connectivity index (χ4v) is 1.75. The molecule has 0 aliphatic heterocycles. The summed E-state index contributed by atoms with van der Waals surface area (Å²) in [6.45, 7) is 2.92. The number of carbonyl (C=O) groups excluding carboxylic acids is 1. The monoisotopic (exact) mass is 261 g/mol. The van der Waals surface area contributed by atoms with Crippen LogP contribution in [-0.2, 0) is 20.9 Å². The van der Waals surface area contributed by atoms with E-state index in [9.17, 15) is 4.79 Å². The summed E-state index contributed by atoms with van der Waals surface area (Å²) in [6.07, 6.45) is 5.22. The van der Waals surface area contributed by atoms with E-state index in [0.717, 1.165) is 11.1 Å². The van der Waals surface area contributed by atoms with Gasteiger partial charge in [0.25, 0.3) is 0 Å². The quantitative estimate of drug-likeness (QED) is 0.599. The van der Waals surface area contributed by atoms with E-state index in [1.807, 2.05) is 24.3 Å². The molecule has 0 aliphatic rings. The van der Waals surface area contributed by atoms with Gasteiger partial charge in [-0.2, -0.15) is 0 Å². The van der Waals surface area contributed by atoms with Crippen LogP contribution in [0.5, 0.6) is 0 Å². The van der Waals surface area contributed by atoms with Gasteiger partial charge in [0.15, 0.2) is 0 Å². The van der Waals surface area contributed by atoms with Crippen molar-refractivity contribution < 1.29 is 14.3 Å². The van der Waals surface area contributed by atoms with Crippen molar-refractivity contribution in [2.24, 2.45) is 0 Å². The molecule has 0 saturated heterocycles. The number of esters is 1. The first-order valence-corrected chi connectivity index (χ1v) is 6.14. The molecule has 0 spiro atoms. The Bertz CT molecular complexity index is 451. The fourth-order valence-electron chi connectivity index (χ4n) is 1.75. The largest absolute Gasteiger partial charge is 0.465 e. The van der Waals surface area contributed by atoms with Gasteiger partial charge in [-0.15, -0.1) is 6.42 Å². The summed E-state index contributed by atoms with van der Waals surface area (Å²) in [5, 5.41) is 2.99. The minimum Gasteiger partial charge on any atom is -0.465 e. The first-order chi connectivity index (χ1) is 9.22. The van der Waals surface area contributed by atoms with Crippen LogP contribution >= 0.6 is 0 Å². The van der Waals surface area contributed by atoms with E-state index in [0.29, 0.717) is 19.8 Å². The standard InChI is InChI=1S/C15H19NO3/c1-4-9-16-14(15(17)19-5-2)13-8-6-7-12(10-13)11-18-3/h1,6-8,10,14,16H,5,9,11H2,2-3H3. The van der Waals surface area contributed by atoms with Crippen LogP contribution in [0.25, 0.3) is 0 Å². The van der Waals surface area contributed by atoms with Gasteiger partial charge < -0.3 is 9.47 Å². The predicted octanol–water partition coefficient (Wildman–Crippen LogP) is 1.66. The highest BCUT2D eigenvalue weighted by Gasteiger charge is 2.21. The molecule has 1 atom stereocenters. The Morgan fingerprint density at radius 1 is 1.53 bits per heavy atom. The van der Waals surface area contributed by atoms with Crippen molar-refractivity contribution in [2.45, 2.75) is 19.6 Å². The number of hydrogen-bond acceptors (Lipinski definition) is 4. The van der Waals surface area contributed by atoms with Gasteiger partial charge in [0.2, 0.25) is 0 Å². The summed E-state index contributed by atoms with van der Waals surface area (Å²) < 4.78 is 10.1.